The van der Waals surface area contributed by atoms with Crippen LogP contribution in [0.1, 0.15) is 13.8 Å². The fourth-order valence-electron chi connectivity index (χ4n) is 0.952. The lowest BCUT2D eigenvalue weighted by Crippen LogP contribution is -2.46. The lowest BCUT2D eigenvalue weighted by atomic mass is 10.1. The molecule has 0 saturated heterocycles. The Morgan fingerprint density at radius 3 is 2.08 bits per heavy atom. The Balaban J connectivity index is 3.36. The third-order valence-corrected chi connectivity index (χ3v) is 1.79. The number of rotatable bonds is 2. The van der Waals surface area contributed by atoms with Crippen LogP contribution in [0.2, 0.25) is 0 Å². The number of nitrogens with zero attached hydrogens (tertiary/aromatic N) is 1. The maximum atomic E-state index is 11.1. The molecule has 0 aromatic carbocycles. The van der Waals surface area contributed by atoms with Crippen LogP contribution in [0.5, 0.6) is 0 Å². The molecule has 68 valence electrons. The highest BCUT2D eigenvalue weighted by Crippen LogP contribution is 2.05. The van der Waals surface area contributed by atoms with E-state index in [-0.39, 0.29) is 6.54 Å². The molecule has 6 nitrogen and oxygen atoms in total. The molecule has 1 rings (SSSR count). The van der Waals surface area contributed by atoms with Crippen molar-refractivity contribution in [3.63, 3.8) is 0 Å². The molecule has 0 spiro atoms. The topological polar surface area (TPSA) is 96.7 Å². The second-order valence-electron chi connectivity index (χ2n) is 3.21. The van der Waals surface area contributed by atoms with Gasteiger partial charge in [-0.15, -0.1) is 0 Å². The van der Waals surface area contributed by atoms with Crippen molar-refractivity contribution in [1.82, 2.24) is 14.8 Å². The van der Waals surface area contributed by atoms with E-state index >= 15 is 0 Å². The molecule has 1 aromatic heterocycles. The minimum atomic E-state index is -0.648. The van der Waals surface area contributed by atoms with E-state index in [9.17, 15) is 9.59 Å². The van der Waals surface area contributed by atoms with Crippen LogP contribution in [0.4, 0.5) is 0 Å². The molecule has 12 heavy (non-hydrogen) atoms. The predicted molar refractivity (Wildman–Crippen MR) is 44.0 cm³/mol. The first kappa shape index (κ1) is 8.79. The van der Waals surface area contributed by atoms with Crippen molar-refractivity contribution < 1.29 is 0 Å². The smallest absolute Gasteiger partial charge is 0.328 e. The molecule has 1 heterocycles. The first-order valence-corrected chi connectivity index (χ1v) is 3.59. The molecule has 0 saturated carbocycles. The number of aromatic amines is 2. The van der Waals surface area contributed by atoms with Gasteiger partial charge in [0.25, 0.3) is 0 Å². The van der Waals surface area contributed by atoms with Crippen LogP contribution < -0.4 is 17.1 Å². The molecular weight excluding hydrogens is 160 g/mol. The van der Waals surface area contributed by atoms with Crippen LogP contribution in [-0.4, -0.2) is 21.3 Å². The molecule has 0 aliphatic carbocycles. The van der Waals surface area contributed by atoms with E-state index in [0.717, 1.165) is 4.57 Å². The van der Waals surface area contributed by atoms with E-state index in [1.54, 1.807) is 13.8 Å². The Labute approximate surface area is 68.4 Å². The van der Waals surface area contributed by atoms with Crippen molar-refractivity contribution in [3.8, 4) is 0 Å². The molecule has 6 heteroatoms. The van der Waals surface area contributed by atoms with Crippen LogP contribution in [0.15, 0.2) is 9.59 Å². The summed E-state index contributed by atoms with van der Waals surface area (Å²) in [6.07, 6.45) is 0. The van der Waals surface area contributed by atoms with Gasteiger partial charge < -0.3 is 5.73 Å². The van der Waals surface area contributed by atoms with Gasteiger partial charge in [0.05, 0.1) is 5.54 Å². The number of hydrogen-bond donors (Lipinski definition) is 3. The van der Waals surface area contributed by atoms with Gasteiger partial charge in [-0.25, -0.2) is 24.4 Å². The molecule has 0 amide bonds. The molecule has 0 unspecified atom stereocenters. The third kappa shape index (κ3) is 1.20. The van der Waals surface area contributed by atoms with Crippen LogP contribution in [0.3, 0.4) is 0 Å². The molecule has 0 fully saturated rings. The van der Waals surface area contributed by atoms with Gasteiger partial charge in [-0.2, -0.15) is 0 Å². The number of aromatic nitrogens is 3. The Bertz CT molecular complexity index is 342. The molecule has 1 aromatic rings. The van der Waals surface area contributed by atoms with Crippen molar-refractivity contribution in [2.45, 2.75) is 19.4 Å². The highest BCUT2D eigenvalue weighted by molar-refractivity contribution is 4.82. The number of nitrogens with one attached hydrogen (secondary N) is 2. The summed E-state index contributed by atoms with van der Waals surface area (Å²) in [5.41, 5.74) is 3.84. The van der Waals surface area contributed by atoms with Gasteiger partial charge in [-0.3, -0.25) is 0 Å². The average molecular weight is 172 g/mol. The Kier molecular flexibility index (Phi) is 1.93. The van der Waals surface area contributed by atoms with E-state index in [4.69, 9.17) is 5.73 Å². The first-order valence-electron chi connectivity index (χ1n) is 3.59. The second-order valence-corrected chi connectivity index (χ2v) is 3.21. The zero-order valence-corrected chi connectivity index (χ0v) is 7.05. The summed E-state index contributed by atoms with van der Waals surface area (Å²) in [5.74, 6) is 0. The van der Waals surface area contributed by atoms with Crippen molar-refractivity contribution in [1.29, 1.82) is 0 Å². The standard InChI is InChI=1S/C6H12N4O2/c1-6(2,3-7)10-4(11)8-9-5(10)12/h3,7H2,1-2H3,(H,8,11)(H,9,12). The van der Waals surface area contributed by atoms with Crippen molar-refractivity contribution >= 4 is 0 Å². The van der Waals surface area contributed by atoms with Gasteiger partial charge in [0.15, 0.2) is 0 Å². The van der Waals surface area contributed by atoms with E-state index in [1.807, 2.05) is 0 Å². The lowest BCUT2D eigenvalue weighted by Gasteiger charge is -2.21. The molecule has 0 atom stereocenters. The largest absolute Gasteiger partial charge is 0.344 e. The maximum Gasteiger partial charge on any atom is 0.344 e. The quantitative estimate of drug-likeness (QED) is 0.509. The Hall–Kier alpha value is -1.30. The summed E-state index contributed by atoms with van der Waals surface area (Å²) in [5, 5.41) is 4.38. The average Bonchev–Trinajstić information content (AvgIpc) is 2.31. The van der Waals surface area contributed by atoms with Gasteiger partial charge >= 0.3 is 11.4 Å². The third-order valence-electron chi connectivity index (χ3n) is 1.79. The predicted octanol–water partition coefficient (Wildman–Crippen LogP) is -1.44. The fraction of sp³-hybridized carbons (Fsp3) is 0.667. The van der Waals surface area contributed by atoms with Crippen molar-refractivity contribution in [3.05, 3.63) is 21.0 Å². The fourth-order valence-corrected chi connectivity index (χ4v) is 0.952. The number of H-pyrrole nitrogens is 2. The van der Waals surface area contributed by atoms with Crippen LogP contribution in [0, 0.1) is 0 Å². The normalized spacial score (nSPS) is 11.9. The zero-order valence-electron chi connectivity index (χ0n) is 7.05. The molecule has 0 radical (unpaired) electrons. The summed E-state index contributed by atoms with van der Waals surface area (Å²) in [7, 11) is 0. The van der Waals surface area contributed by atoms with Crippen LogP contribution >= 0.6 is 0 Å². The van der Waals surface area contributed by atoms with Crippen molar-refractivity contribution in [2.24, 2.45) is 5.73 Å². The number of hydrogen-bond acceptors (Lipinski definition) is 3. The second kappa shape index (κ2) is 2.63. The molecular formula is C6H12N4O2. The Morgan fingerprint density at radius 1 is 1.33 bits per heavy atom. The van der Waals surface area contributed by atoms with Gasteiger partial charge in [0.1, 0.15) is 0 Å². The molecule has 0 aliphatic rings. The SMILES string of the molecule is CC(C)(CN)n1c(=O)[nH][nH]c1=O. The first-order chi connectivity index (χ1) is 5.49. The van der Waals surface area contributed by atoms with Crippen LogP contribution in [-0.2, 0) is 5.54 Å². The minimum absolute atomic E-state index is 0.230. The van der Waals surface area contributed by atoms with Crippen LogP contribution in [0.25, 0.3) is 0 Å². The van der Waals surface area contributed by atoms with E-state index in [0.29, 0.717) is 0 Å². The highest BCUT2D eigenvalue weighted by atomic mass is 16.2. The highest BCUT2D eigenvalue weighted by Gasteiger charge is 2.22. The van der Waals surface area contributed by atoms with E-state index in [1.165, 1.54) is 0 Å². The van der Waals surface area contributed by atoms with Gasteiger partial charge in [0, 0.05) is 6.54 Å². The zero-order chi connectivity index (χ0) is 9.35. The lowest BCUT2D eigenvalue weighted by molar-refractivity contribution is 0.347. The molecule has 0 bridgehead atoms. The summed E-state index contributed by atoms with van der Waals surface area (Å²) in [6, 6.07) is 0. The Morgan fingerprint density at radius 2 is 1.75 bits per heavy atom. The van der Waals surface area contributed by atoms with Gasteiger partial charge in [-0.1, -0.05) is 0 Å². The van der Waals surface area contributed by atoms with Crippen molar-refractivity contribution in [2.75, 3.05) is 6.54 Å². The summed E-state index contributed by atoms with van der Waals surface area (Å²) in [6.45, 7) is 3.67. The summed E-state index contributed by atoms with van der Waals surface area (Å²) in [4.78, 5) is 22.1. The molecule has 0 aliphatic heterocycles. The van der Waals surface area contributed by atoms with E-state index in [2.05, 4.69) is 10.2 Å². The maximum absolute atomic E-state index is 11.1. The van der Waals surface area contributed by atoms with Gasteiger partial charge in [-0.05, 0) is 13.8 Å². The number of nitrogens with two attached hydrogens (primary N) is 1. The summed E-state index contributed by atoms with van der Waals surface area (Å²) >= 11 is 0. The van der Waals surface area contributed by atoms with E-state index < -0.39 is 16.9 Å². The molecule has 4 N–H and O–H groups in total. The minimum Gasteiger partial charge on any atom is -0.328 e. The summed E-state index contributed by atoms with van der Waals surface area (Å²) < 4.78 is 1.06. The van der Waals surface area contributed by atoms with Gasteiger partial charge in [0.2, 0.25) is 0 Å². The monoisotopic (exact) mass is 172 g/mol.